The second kappa shape index (κ2) is 9.36. The molecule has 1 aliphatic rings. The Morgan fingerprint density at radius 2 is 1.55 bits per heavy atom. The van der Waals surface area contributed by atoms with Crippen molar-refractivity contribution in [2.24, 2.45) is 5.73 Å². The summed E-state index contributed by atoms with van der Waals surface area (Å²) >= 11 is 4.09. The number of nitrogens with zero attached hydrogens (tertiary/aromatic N) is 3. The fourth-order valence-electron chi connectivity index (χ4n) is 2.16. The van der Waals surface area contributed by atoms with E-state index < -0.39 is 0 Å². The van der Waals surface area contributed by atoms with Crippen molar-refractivity contribution in [1.82, 2.24) is 15.1 Å². The van der Waals surface area contributed by atoms with Gasteiger partial charge in [0.2, 0.25) is 11.8 Å². The first-order valence-electron chi connectivity index (χ1n) is 7.30. The van der Waals surface area contributed by atoms with Gasteiger partial charge in [-0.15, -0.1) is 10.2 Å². The molecule has 2 heterocycles. The molecule has 22 heavy (non-hydrogen) atoms. The van der Waals surface area contributed by atoms with Crippen LogP contribution in [0.5, 0.6) is 0 Å². The van der Waals surface area contributed by atoms with Gasteiger partial charge in [0.1, 0.15) is 0 Å². The fraction of sp³-hybridized carbons (Fsp3) is 0.692. The number of likely N-dealkylation sites (tertiary alicyclic amines) is 1. The number of amides is 2. The number of hydrogen-bond donors (Lipinski definition) is 1. The molecular formula is C13H20N4O2S3. The van der Waals surface area contributed by atoms with E-state index >= 15 is 0 Å². The summed E-state index contributed by atoms with van der Waals surface area (Å²) in [6, 6.07) is 0. The minimum atomic E-state index is -0.373. The minimum absolute atomic E-state index is 0.174. The van der Waals surface area contributed by atoms with Crippen molar-refractivity contribution < 1.29 is 9.59 Å². The second-order valence-electron chi connectivity index (χ2n) is 5.03. The van der Waals surface area contributed by atoms with E-state index in [9.17, 15) is 9.59 Å². The second-order valence-corrected chi connectivity index (χ2v) is 8.45. The van der Waals surface area contributed by atoms with Crippen LogP contribution in [-0.4, -0.2) is 51.5 Å². The van der Waals surface area contributed by atoms with E-state index in [1.807, 2.05) is 4.90 Å². The van der Waals surface area contributed by atoms with Crippen LogP contribution >= 0.6 is 34.9 Å². The average Bonchev–Trinajstić information content (AvgIpc) is 2.90. The van der Waals surface area contributed by atoms with Crippen molar-refractivity contribution in [2.45, 2.75) is 40.8 Å². The zero-order valence-electron chi connectivity index (χ0n) is 12.3. The summed E-state index contributed by atoms with van der Waals surface area (Å²) < 4.78 is 1.47. The SMILES string of the molecule is NC(=O)CSc1nnc(SCC(=O)N2CCCCCCC2)s1. The van der Waals surface area contributed by atoms with Gasteiger partial charge in [-0.1, -0.05) is 54.1 Å². The van der Waals surface area contributed by atoms with E-state index in [-0.39, 0.29) is 17.6 Å². The van der Waals surface area contributed by atoms with Crippen LogP contribution in [0.1, 0.15) is 32.1 Å². The Balaban J connectivity index is 1.76. The van der Waals surface area contributed by atoms with Crippen LogP contribution in [0.25, 0.3) is 0 Å². The monoisotopic (exact) mass is 360 g/mol. The molecule has 0 bridgehead atoms. The maximum atomic E-state index is 12.3. The van der Waals surface area contributed by atoms with Gasteiger partial charge in [0.25, 0.3) is 0 Å². The van der Waals surface area contributed by atoms with Crippen LogP contribution in [0.4, 0.5) is 0 Å². The number of aromatic nitrogens is 2. The highest BCUT2D eigenvalue weighted by Gasteiger charge is 2.16. The molecular weight excluding hydrogens is 340 g/mol. The molecule has 9 heteroatoms. The zero-order valence-corrected chi connectivity index (χ0v) is 14.8. The van der Waals surface area contributed by atoms with Crippen LogP contribution in [0, 0.1) is 0 Å². The molecule has 0 unspecified atom stereocenters. The zero-order chi connectivity index (χ0) is 15.8. The molecule has 1 aromatic rings. The molecule has 1 aromatic heterocycles. The molecule has 1 aliphatic heterocycles. The van der Waals surface area contributed by atoms with Crippen molar-refractivity contribution in [3.05, 3.63) is 0 Å². The average molecular weight is 361 g/mol. The highest BCUT2D eigenvalue weighted by Crippen LogP contribution is 2.28. The highest BCUT2D eigenvalue weighted by atomic mass is 32.2. The summed E-state index contributed by atoms with van der Waals surface area (Å²) in [4.78, 5) is 24.9. The third-order valence-electron chi connectivity index (χ3n) is 3.25. The Labute approximate surface area is 142 Å². The minimum Gasteiger partial charge on any atom is -0.369 e. The fourth-order valence-corrected chi connectivity index (χ4v) is 4.82. The van der Waals surface area contributed by atoms with Gasteiger partial charge in [-0.25, -0.2) is 0 Å². The molecule has 6 nitrogen and oxygen atoms in total. The molecule has 1 saturated heterocycles. The largest absolute Gasteiger partial charge is 0.369 e. The topological polar surface area (TPSA) is 89.2 Å². The van der Waals surface area contributed by atoms with Crippen LogP contribution in [0.15, 0.2) is 8.68 Å². The van der Waals surface area contributed by atoms with Crippen molar-refractivity contribution in [1.29, 1.82) is 0 Å². The Bertz CT molecular complexity index is 501. The van der Waals surface area contributed by atoms with Gasteiger partial charge in [-0.3, -0.25) is 9.59 Å². The molecule has 2 N–H and O–H groups in total. The summed E-state index contributed by atoms with van der Waals surface area (Å²) in [6.45, 7) is 1.74. The maximum absolute atomic E-state index is 12.3. The first kappa shape index (κ1) is 17.6. The molecule has 0 spiro atoms. The molecule has 1 fully saturated rings. The molecule has 2 rings (SSSR count). The van der Waals surface area contributed by atoms with E-state index in [2.05, 4.69) is 10.2 Å². The molecule has 2 amide bonds. The standard InChI is InChI=1S/C13H20N4O2S3/c14-10(18)8-20-12-15-16-13(22-12)21-9-11(19)17-6-4-2-1-3-5-7-17/h1-9H2,(H2,14,18). The predicted octanol–water partition coefficient (Wildman–Crippen LogP) is 2.00. The summed E-state index contributed by atoms with van der Waals surface area (Å²) in [7, 11) is 0. The van der Waals surface area contributed by atoms with Crippen LogP contribution < -0.4 is 5.73 Å². The number of primary amides is 1. The van der Waals surface area contributed by atoms with E-state index in [1.54, 1.807) is 0 Å². The van der Waals surface area contributed by atoms with Crippen molar-refractivity contribution in [3.8, 4) is 0 Å². The lowest BCUT2D eigenvalue weighted by Gasteiger charge is -2.24. The van der Waals surface area contributed by atoms with Gasteiger partial charge >= 0.3 is 0 Å². The maximum Gasteiger partial charge on any atom is 0.233 e. The van der Waals surface area contributed by atoms with Gasteiger partial charge in [-0.2, -0.15) is 0 Å². The van der Waals surface area contributed by atoms with Crippen molar-refractivity contribution >= 4 is 46.7 Å². The molecule has 122 valence electrons. The van der Waals surface area contributed by atoms with Gasteiger partial charge in [-0.05, 0) is 12.8 Å². The number of carbonyl (C=O) groups is 2. The Kier molecular flexibility index (Phi) is 7.47. The smallest absolute Gasteiger partial charge is 0.233 e. The lowest BCUT2D eigenvalue weighted by atomic mass is 10.1. The van der Waals surface area contributed by atoms with Crippen LogP contribution in [0.3, 0.4) is 0 Å². The summed E-state index contributed by atoms with van der Waals surface area (Å²) in [5.74, 6) is 0.399. The van der Waals surface area contributed by atoms with Gasteiger partial charge in [0.05, 0.1) is 11.5 Å². The molecule has 0 aliphatic carbocycles. The van der Waals surface area contributed by atoms with E-state index in [1.165, 1.54) is 54.1 Å². The first-order valence-corrected chi connectivity index (χ1v) is 10.1. The number of carbonyl (C=O) groups excluding carboxylic acids is 2. The summed E-state index contributed by atoms with van der Waals surface area (Å²) in [5.41, 5.74) is 5.09. The van der Waals surface area contributed by atoms with E-state index in [0.717, 1.165) is 30.3 Å². The quantitative estimate of drug-likeness (QED) is 0.781. The van der Waals surface area contributed by atoms with Gasteiger partial charge < -0.3 is 10.6 Å². The third-order valence-corrected chi connectivity index (χ3v) is 6.45. The number of nitrogens with two attached hydrogens (primary N) is 1. The van der Waals surface area contributed by atoms with Gasteiger partial charge in [0, 0.05) is 13.1 Å². The number of thioether (sulfide) groups is 2. The van der Waals surface area contributed by atoms with Crippen molar-refractivity contribution in [3.63, 3.8) is 0 Å². The molecule has 0 radical (unpaired) electrons. The third kappa shape index (κ3) is 6.13. The lowest BCUT2D eigenvalue weighted by molar-refractivity contribution is -0.128. The number of rotatable bonds is 6. The Morgan fingerprint density at radius 3 is 2.14 bits per heavy atom. The van der Waals surface area contributed by atoms with Crippen LogP contribution in [-0.2, 0) is 9.59 Å². The van der Waals surface area contributed by atoms with E-state index in [4.69, 9.17) is 5.73 Å². The first-order chi connectivity index (χ1) is 10.6. The normalized spacial score (nSPS) is 16.1. The van der Waals surface area contributed by atoms with Crippen LogP contribution in [0.2, 0.25) is 0 Å². The van der Waals surface area contributed by atoms with E-state index in [0.29, 0.717) is 10.1 Å². The molecule has 0 atom stereocenters. The number of hydrogen-bond acceptors (Lipinski definition) is 7. The Morgan fingerprint density at radius 1 is 1.00 bits per heavy atom. The summed E-state index contributed by atoms with van der Waals surface area (Å²) in [5, 5.41) is 8.02. The highest BCUT2D eigenvalue weighted by molar-refractivity contribution is 8.03. The van der Waals surface area contributed by atoms with Gasteiger partial charge in [0.15, 0.2) is 8.68 Å². The summed E-state index contributed by atoms with van der Waals surface area (Å²) in [6.07, 6.45) is 5.92. The lowest BCUT2D eigenvalue weighted by Crippen LogP contribution is -2.35. The molecule has 0 aromatic carbocycles. The Hall–Kier alpha value is -0.800. The molecule has 0 saturated carbocycles. The van der Waals surface area contributed by atoms with Crippen molar-refractivity contribution in [2.75, 3.05) is 24.6 Å². The predicted molar refractivity (Wildman–Crippen MR) is 90.2 cm³/mol.